The van der Waals surface area contributed by atoms with Crippen LogP contribution in [0.5, 0.6) is 0 Å². The summed E-state index contributed by atoms with van der Waals surface area (Å²) in [4.78, 5) is 30.3. The number of nitrogens with zero attached hydrogens (tertiary/aromatic N) is 2. The molecule has 35 heavy (non-hydrogen) atoms. The number of anilines is 1. The third-order valence-electron chi connectivity index (χ3n) is 6.49. The largest absolute Gasteiger partial charge is 0.354 e. The number of amides is 2. The number of sulfone groups is 1. The number of rotatable bonds is 6. The van der Waals surface area contributed by atoms with Gasteiger partial charge in [-0.1, -0.05) is 17.7 Å². The van der Waals surface area contributed by atoms with Crippen molar-refractivity contribution in [3.05, 3.63) is 53.6 Å². The Bertz CT molecular complexity index is 1350. The Morgan fingerprint density at radius 1 is 1.03 bits per heavy atom. The van der Waals surface area contributed by atoms with Gasteiger partial charge in [0.1, 0.15) is 0 Å². The molecule has 0 aliphatic heterocycles. The molecule has 8 nitrogen and oxygen atoms in total. The summed E-state index contributed by atoms with van der Waals surface area (Å²) in [6.45, 7) is 5.85. The van der Waals surface area contributed by atoms with Crippen LogP contribution in [-0.4, -0.2) is 42.1 Å². The highest BCUT2D eigenvalue weighted by molar-refractivity contribution is 7.90. The van der Waals surface area contributed by atoms with Gasteiger partial charge in [-0.15, -0.1) is 0 Å². The van der Waals surface area contributed by atoms with Gasteiger partial charge in [-0.2, -0.15) is 0 Å². The number of aromatic nitrogens is 2. The molecule has 1 aromatic heterocycles. The molecule has 3 aromatic rings. The molecular weight excluding hydrogens is 464 g/mol. The van der Waals surface area contributed by atoms with E-state index in [0.717, 1.165) is 18.4 Å². The zero-order valence-corrected chi connectivity index (χ0v) is 21.4. The van der Waals surface area contributed by atoms with Gasteiger partial charge in [0, 0.05) is 29.8 Å². The van der Waals surface area contributed by atoms with E-state index >= 15 is 0 Å². The average molecular weight is 497 g/mol. The molecule has 0 radical (unpaired) electrons. The number of imidazole rings is 1. The predicted molar refractivity (Wildman–Crippen MR) is 136 cm³/mol. The number of nitrogens with one attached hydrogen (secondary N) is 2. The minimum Gasteiger partial charge on any atom is -0.354 e. The lowest BCUT2D eigenvalue weighted by atomic mass is 9.85. The average Bonchev–Trinajstić information content (AvgIpc) is 3.15. The van der Waals surface area contributed by atoms with Crippen LogP contribution in [-0.2, 0) is 14.6 Å². The molecular formula is C26H32N4O4S. The van der Waals surface area contributed by atoms with E-state index in [1.165, 1.54) is 12.3 Å². The summed E-state index contributed by atoms with van der Waals surface area (Å²) in [7, 11) is -3.42. The van der Waals surface area contributed by atoms with Crippen molar-refractivity contribution in [3.63, 3.8) is 0 Å². The highest BCUT2D eigenvalue weighted by Crippen LogP contribution is 2.37. The first-order chi connectivity index (χ1) is 16.5. The van der Waals surface area contributed by atoms with Crippen molar-refractivity contribution in [2.45, 2.75) is 63.4 Å². The Morgan fingerprint density at radius 3 is 2.29 bits per heavy atom. The quantitative estimate of drug-likeness (QED) is 0.530. The van der Waals surface area contributed by atoms with Gasteiger partial charge in [0.2, 0.25) is 11.9 Å². The summed E-state index contributed by atoms with van der Waals surface area (Å²) < 4.78 is 26.4. The van der Waals surface area contributed by atoms with Gasteiger partial charge in [0.25, 0.3) is 5.91 Å². The van der Waals surface area contributed by atoms with Crippen LogP contribution in [0.3, 0.4) is 0 Å². The Morgan fingerprint density at radius 2 is 1.69 bits per heavy atom. The number of hydrogen-bond acceptors (Lipinski definition) is 5. The lowest BCUT2D eigenvalue weighted by molar-refractivity contribution is -0.126. The molecule has 1 heterocycles. The smallest absolute Gasteiger partial charge is 0.257 e. The van der Waals surface area contributed by atoms with Crippen LogP contribution in [0, 0.1) is 12.8 Å². The Balaban J connectivity index is 1.68. The SMILES string of the molecule is Cc1ccc(C(=O)Nc2nc3ccc(S(C)(=O)=O)cc3n2C2CCC(C(=O)NC(C)C)CC2)cc1. The summed E-state index contributed by atoms with van der Waals surface area (Å²) in [6.07, 6.45) is 4.03. The van der Waals surface area contributed by atoms with Gasteiger partial charge in [0.15, 0.2) is 9.84 Å². The molecule has 0 spiro atoms. The number of benzene rings is 2. The Hall–Kier alpha value is -3.20. The fourth-order valence-electron chi connectivity index (χ4n) is 4.64. The van der Waals surface area contributed by atoms with E-state index in [2.05, 4.69) is 15.6 Å². The van der Waals surface area contributed by atoms with Crippen LogP contribution in [0.4, 0.5) is 5.95 Å². The standard InChI is InChI=1S/C26H32N4O4S/c1-16(2)27-24(31)19-9-11-20(12-10-19)30-23-15-21(35(4,33)34)13-14-22(23)28-26(30)29-25(32)18-7-5-17(3)6-8-18/h5-8,13-16,19-20H,9-12H2,1-4H3,(H,27,31)(H,28,29,32). The van der Waals surface area contributed by atoms with Crippen LogP contribution in [0.1, 0.15) is 61.5 Å². The molecule has 0 atom stereocenters. The topological polar surface area (TPSA) is 110 Å². The second-order valence-corrected chi connectivity index (χ2v) is 11.7. The van der Waals surface area contributed by atoms with E-state index in [-0.39, 0.29) is 34.7 Å². The fraction of sp³-hybridized carbons (Fsp3) is 0.423. The maximum absolute atomic E-state index is 13.0. The highest BCUT2D eigenvalue weighted by Gasteiger charge is 2.30. The van der Waals surface area contributed by atoms with Gasteiger partial charge in [-0.25, -0.2) is 13.4 Å². The fourth-order valence-corrected chi connectivity index (χ4v) is 5.28. The van der Waals surface area contributed by atoms with Crippen LogP contribution in [0.15, 0.2) is 47.4 Å². The van der Waals surface area contributed by atoms with Crippen molar-refractivity contribution >= 4 is 38.6 Å². The molecule has 186 valence electrons. The van der Waals surface area contributed by atoms with Gasteiger partial charge >= 0.3 is 0 Å². The van der Waals surface area contributed by atoms with E-state index in [1.807, 2.05) is 37.5 Å². The third-order valence-corrected chi connectivity index (χ3v) is 7.60. The molecule has 4 rings (SSSR count). The van der Waals surface area contributed by atoms with Crippen molar-refractivity contribution in [2.24, 2.45) is 5.92 Å². The first-order valence-corrected chi connectivity index (χ1v) is 13.8. The monoisotopic (exact) mass is 496 g/mol. The highest BCUT2D eigenvalue weighted by atomic mass is 32.2. The van der Waals surface area contributed by atoms with Crippen molar-refractivity contribution in [2.75, 3.05) is 11.6 Å². The summed E-state index contributed by atoms with van der Waals surface area (Å²) in [5.41, 5.74) is 2.83. The van der Waals surface area contributed by atoms with Crippen molar-refractivity contribution in [3.8, 4) is 0 Å². The lowest BCUT2D eigenvalue weighted by Crippen LogP contribution is -2.37. The maximum Gasteiger partial charge on any atom is 0.257 e. The van der Waals surface area contributed by atoms with E-state index in [4.69, 9.17) is 0 Å². The van der Waals surface area contributed by atoms with Crippen molar-refractivity contribution < 1.29 is 18.0 Å². The van der Waals surface area contributed by atoms with E-state index in [1.54, 1.807) is 24.3 Å². The summed E-state index contributed by atoms with van der Waals surface area (Å²) in [5.74, 6) is 0.114. The van der Waals surface area contributed by atoms with Crippen LogP contribution >= 0.6 is 0 Å². The summed E-state index contributed by atoms with van der Waals surface area (Å²) >= 11 is 0. The minimum atomic E-state index is -3.42. The molecule has 1 fully saturated rings. The second-order valence-electron chi connectivity index (χ2n) is 9.72. The minimum absolute atomic E-state index is 0.0220. The molecule has 9 heteroatoms. The van der Waals surface area contributed by atoms with Crippen LogP contribution in [0.25, 0.3) is 11.0 Å². The van der Waals surface area contributed by atoms with E-state index < -0.39 is 9.84 Å². The molecule has 2 amide bonds. The molecule has 0 bridgehead atoms. The first-order valence-electron chi connectivity index (χ1n) is 11.9. The molecule has 0 saturated heterocycles. The Kier molecular flexibility index (Phi) is 6.98. The number of carbonyl (C=O) groups is 2. The number of aryl methyl sites for hydroxylation is 1. The molecule has 2 aromatic carbocycles. The van der Waals surface area contributed by atoms with Gasteiger partial charge in [-0.3, -0.25) is 14.9 Å². The lowest BCUT2D eigenvalue weighted by Gasteiger charge is -2.30. The normalized spacial score (nSPS) is 18.5. The maximum atomic E-state index is 13.0. The van der Waals surface area contributed by atoms with Gasteiger partial charge in [0.05, 0.1) is 15.9 Å². The summed E-state index contributed by atoms with van der Waals surface area (Å²) in [6, 6.07) is 12.2. The van der Waals surface area contributed by atoms with Gasteiger partial charge in [-0.05, 0) is 76.8 Å². The van der Waals surface area contributed by atoms with E-state index in [9.17, 15) is 18.0 Å². The predicted octanol–water partition coefficient (Wildman–Crippen LogP) is 4.26. The van der Waals surface area contributed by atoms with Crippen LogP contribution < -0.4 is 10.6 Å². The van der Waals surface area contributed by atoms with E-state index in [0.29, 0.717) is 35.4 Å². The van der Waals surface area contributed by atoms with Gasteiger partial charge < -0.3 is 9.88 Å². The second kappa shape index (κ2) is 9.81. The first kappa shape index (κ1) is 24.9. The molecule has 1 aliphatic rings. The summed E-state index contributed by atoms with van der Waals surface area (Å²) in [5, 5.41) is 5.93. The molecule has 0 unspecified atom stereocenters. The molecule has 1 aliphatic carbocycles. The molecule has 2 N–H and O–H groups in total. The number of carbonyl (C=O) groups excluding carboxylic acids is 2. The zero-order chi connectivity index (χ0) is 25.3. The van der Waals surface area contributed by atoms with Crippen LogP contribution in [0.2, 0.25) is 0 Å². The number of fused-ring (bicyclic) bond motifs is 1. The third kappa shape index (κ3) is 5.56. The van der Waals surface area contributed by atoms with Crippen molar-refractivity contribution in [1.82, 2.24) is 14.9 Å². The molecule has 1 saturated carbocycles. The zero-order valence-electron chi connectivity index (χ0n) is 20.5. The number of hydrogen-bond donors (Lipinski definition) is 2. The Labute approximate surface area is 206 Å². The van der Waals surface area contributed by atoms with Crippen molar-refractivity contribution in [1.29, 1.82) is 0 Å².